The van der Waals surface area contributed by atoms with Crippen LogP contribution in [0.5, 0.6) is 5.75 Å². The fourth-order valence-corrected chi connectivity index (χ4v) is 1.95. The Morgan fingerprint density at radius 2 is 2.00 bits per heavy atom. The molecule has 2 N–H and O–H groups in total. The van der Waals surface area contributed by atoms with E-state index in [0.717, 1.165) is 28.6 Å². The van der Waals surface area contributed by atoms with Crippen LogP contribution in [0.4, 0.5) is 0 Å². The van der Waals surface area contributed by atoms with E-state index in [4.69, 9.17) is 14.9 Å². The SMILES string of the molecule is COc1ccc(Br)cc1CCC(CO)CO. The number of hydrogen-bond donors (Lipinski definition) is 2. The van der Waals surface area contributed by atoms with Crippen LogP contribution in [0.3, 0.4) is 0 Å². The van der Waals surface area contributed by atoms with Gasteiger partial charge in [-0.05, 0) is 36.6 Å². The van der Waals surface area contributed by atoms with E-state index in [0.29, 0.717) is 0 Å². The highest BCUT2D eigenvalue weighted by atomic mass is 79.9. The van der Waals surface area contributed by atoms with Crippen LogP contribution in [0.1, 0.15) is 12.0 Å². The van der Waals surface area contributed by atoms with Crippen molar-refractivity contribution in [2.75, 3.05) is 20.3 Å². The quantitative estimate of drug-likeness (QED) is 0.842. The van der Waals surface area contributed by atoms with Gasteiger partial charge in [-0.2, -0.15) is 0 Å². The summed E-state index contributed by atoms with van der Waals surface area (Å²) in [5.41, 5.74) is 1.09. The predicted molar refractivity (Wildman–Crippen MR) is 66.7 cm³/mol. The third kappa shape index (κ3) is 3.77. The molecule has 0 saturated heterocycles. The maximum absolute atomic E-state index is 8.98. The largest absolute Gasteiger partial charge is 0.496 e. The first-order valence-corrected chi connectivity index (χ1v) is 6.04. The Morgan fingerprint density at radius 1 is 1.31 bits per heavy atom. The number of ether oxygens (including phenoxy) is 1. The molecule has 1 aromatic rings. The van der Waals surface area contributed by atoms with Crippen molar-refractivity contribution in [3.05, 3.63) is 28.2 Å². The molecule has 0 aromatic heterocycles. The second kappa shape index (κ2) is 6.89. The summed E-state index contributed by atoms with van der Waals surface area (Å²) in [6, 6.07) is 5.84. The molecule has 16 heavy (non-hydrogen) atoms. The summed E-state index contributed by atoms with van der Waals surface area (Å²) in [7, 11) is 1.64. The monoisotopic (exact) mass is 288 g/mol. The summed E-state index contributed by atoms with van der Waals surface area (Å²) in [5.74, 6) is 0.793. The van der Waals surface area contributed by atoms with Gasteiger partial charge in [-0.25, -0.2) is 0 Å². The summed E-state index contributed by atoms with van der Waals surface area (Å²) in [6.45, 7) is 0.0413. The Kier molecular flexibility index (Phi) is 5.80. The van der Waals surface area contributed by atoms with Gasteiger partial charge < -0.3 is 14.9 Å². The molecule has 1 rings (SSSR count). The van der Waals surface area contributed by atoms with E-state index in [2.05, 4.69) is 15.9 Å². The molecule has 0 spiro atoms. The molecule has 0 aliphatic rings. The standard InChI is InChI=1S/C12H17BrO3/c1-16-12-5-4-11(13)6-10(12)3-2-9(7-14)8-15/h4-6,9,14-15H,2-3,7-8H2,1H3. The number of benzene rings is 1. The van der Waals surface area contributed by atoms with Gasteiger partial charge in [0, 0.05) is 23.6 Å². The van der Waals surface area contributed by atoms with Gasteiger partial charge in [-0.15, -0.1) is 0 Å². The van der Waals surface area contributed by atoms with Crippen molar-refractivity contribution in [2.24, 2.45) is 5.92 Å². The minimum atomic E-state index is -0.0521. The zero-order valence-corrected chi connectivity index (χ0v) is 10.9. The van der Waals surface area contributed by atoms with Gasteiger partial charge in [0.2, 0.25) is 0 Å². The molecule has 0 bridgehead atoms. The topological polar surface area (TPSA) is 49.7 Å². The van der Waals surface area contributed by atoms with Gasteiger partial charge in [-0.1, -0.05) is 15.9 Å². The Hall–Kier alpha value is -0.580. The van der Waals surface area contributed by atoms with E-state index in [1.807, 2.05) is 18.2 Å². The summed E-state index contributed by atoms with van der Waals surface area (Å²) in [4.78, 5) is 0. The number of methoxy groups -OCH3 is 1. The van der Waals surface area contributed by atoms with Crippen molar-refractivity contribution in [1.29, 1.82) is 0 Å². The average molecular weight is 289 g/mol. The lowest BCUT2D eigenvalue weighted by Gasteiger charge is -2.13. The number of hydrogen-bond acceptors (Lipinski definition) is 3. The normalized spacial score (nSPS) is 10.8. The Labute approximate surface area is 104 Å². The first-order chi connectivity index (χ1) is 7.71. The first-order valence-electron chi connectivity index (χ1n) is 5.25. The van der Waals surface area contributed by atoms with Crippen LogP contribution in [-0.2, 0) is 6.42 Å². The van der Waals surface area contributed by atoms with Gasteiger partial charge in [-0.3, -0.25) is 0 Å². The average Bonchev–Trinajstić information content (AvgIpc) is 2.30. The Morgan fingerprint density at radius 3 is 2.56 bits per heavy atom. The fraction of sp³-hybridized carbons (Fsp3) is 0.500. The van der Waals surface area contributed by atoms with Gasteiger partial charge in [0.15, 0.2) is 0 Å². The number of halogens is 1. The van der Waals surface area contributed by atoms with Gasteiger partial charge in [0.05, 0.1) is 7.11 Å². The second-order valence-corrected chi connectivity index (χ2v) is 4.64. The number of aryl methyl sites for hydroxylation is 1. The molecule has 0 radical (unpaired) electrons. The maximum atomic E-state index is 8.98. The lowest BCUT2D eigenvalue weighted by Crippen LogP contribution is -2.12. The third-order valence-corrected chi connectivity index (χ3v) is 3.07. The zero-order valence-electron chi connectivity index (χ0n) is 9.32. The highest BCUT2D eigenvalue weighted by Gasteiger charge is 2.09. The van der Waals surface area contributed by atoms with Crippen LogP contribution in [0.25, 0.3) is 0 Å². The maximum Gasteiger partial charge on any atom is 0.122 e. The van der Waals surface area contributed by atoms with Gasteiger partial charge >= 0.3 is 0 Å². The van der Waals surface area contributed by atoms with Crippen molar-refractivity contribution in [3.63, 3.8) is 0 Å². The molecular weight excluding hydrogens is 272 g/mol. The van der Waals surface area contributed by atoms with Gasteiger partial charge in [0.25, 0.3) is 0 Å². The molecule has 1 aromatic carbocycles. The van der Waals surface area contributed by atoms with Crippen molar-refractivity contribution in [1.82, 2.24) is 0 Å². The highest BCUT2D eigenvalue weighted by Crippen LogP contribution is 2.25. The van der Waals surface area contributed by atoms with Crippen molar-refractivity contribution in [2.45, 2.75) is 12.8 Å². The van der Waals surface area contributed by atoms with E-state index < -0.39 is 0 Å². The summed E-state index contributed by atoms with van der Waals surface area (Å²) >= 11 is 3.41. The van der Waals surface area contributed by atoms with Crippen molar-refractivity contribution < 1.29 is 14.9 Å². The number of rotatable bonds is 6. The molecule has 4 heteroatoms. The second-order valence-electron chi connectivity index (χ2n) is 3.73. The van der Waals surface area contributed by atoms with Gasteiger partial charge in [0.1, 0.15) is 5.75 Å². The van der Waals surface area contributed by atoms with E-state index in [1.165, 1.54) is 0 Å². The minimum absolute atomic E-state index is 0.0207. The molecule has 3 nitrogen and oxygen atoms in total. The molecule has 0 atom stereocenters. The fourth-order valence-electron chi connectivity index (χ4n) is 1.54. The zero-order chi connectivity index (χ0) is 12.0. The molecule has 0 aliphatic carbocycles. The third-order valence-electron chi connectivity index (χ3n) is 2.58. The smallest absolute Gasteiger partial charge is 0.122 e. The number of aliphatic hydroxyl groups excluding tert-OH is 2. The van der Waals surface area contributed by atoms with Crippen LogP contribution in [0, 0.1) is 5.92 Å². The van der Waals surface area contributed by atoms with Crippen LogP contribution in [0.15, 0.2) is 22.7 Å². The lowest BCUT2D eigenvalue weighted by atomic mass is 10.0. The summed E-state index contributed by atoms with van der Waals surface area (Å²) in [6.07, 6.45) is 1.54. The first kappa shape index (κ1) is 13.5. The molecule has 0 heterocycles. The molecule has 0 amide bonds. The minimum Gasteiger partial charge on any atom is -0.496 e. The molecule has 90 valence electrons. The van der Waals surface area contributed by atoms with Crippen LogP contribution in [0.2, 0.25) is 0 Å². The molecule has 0 unspecified atom stereocenters. The lowest BCUT2D eigenvalue weighted by molar-refractivity contribution is 0.144. The Balaban J connectivity index is 2.68. The van der Waals surface area contributed by atoms with Crippen molar-refractivity contribution >= 4 is 15.9 Å². The molecule has 0 saturated carbocycles. The van der Waals surface area contributed by atoms with Crippen molar-refractivity contribution in [3.8, 4) is 5.75 Å². The molecule has 0 fully saturated rings. The summed E-state index contributed by atoms with van der Waals surface area (Å²) in [5, 5.41) is 18.0. The Bertz CT molecular complexity index is 324. The predicted octanol–water partition coefficient (Wildman–Crippen LogP) is 1.99. The van der Waals surface area contributed by atoms with Crippen LogP contribution < -0.4 is 4.74 Å². The van der Waals surface area contributed by atoms with E-state index >= 15 is 0 Å². The summed E-state index contributed by atoms with van der Waals surface area (Å²) < 4.78 is 6.26. The van der Waals surface area contributed by atoms with Crippen LogP contribution >= 0.6 is 15.9 Å². The molecule has 0 aliphatic heterocycles. The van der Waals surface area contributed by atoms with E-state index in [1.54, 1.807) is 7.11 Å². The highest BCUT2D eigenvalue weighted by molar-refractivity contribution is 9.10. The number of aliphatic hydroxyl groups is 2. The van der Waals surface area contributed by atoms with Crippen LogP contribution in [-0.4, -0.2) is 30.5 Å². The van der Waals surface area contributed by atoms with E-state index in [9.17, 15) is 0 Å². The van der Waals surface area contributed by atoms with E-state index in [-0.39, 0.29) is 19.1 Å². The molecular formula is C12H17BrO3.